The topological polar surface area (TPSA) is 95.7 Å². The molecule has 7 nitrogen and oxygen atoms in total. The van der Waals surface area contributed by atoms with Gasteiger partial charge in [-0.25, -0.2) is 4.79 Å². The molecule has 1 heterocycles. The van der Waals surface area contributed by atoms with Gasteiger partial charge in [0.25, 0.3) is 5.69 Å². The zero-order valence-electron chi connectivity index (χ0n) is 12.1. The third kappa shape index (κ3) is 3.49. The number of nitrogens with zero attached hydrogens (tertiary/aromatic N) is 2. The van der Waals surface area contributed by atoms with Gasteiger partial charge in [0.2, 0.25) is 0 Å². The van der Waals surface area contributed by atoms with Crippen molar-refractivity contribution in [3.05, 3.63) is 33.9 Å². The summed E-state index contributed by atoms with van der Waals surface area (Å²) in [6.45, 7) is 3.11. The maximum atomic E-state index is 11.0. The lowest BCUT2D eigenvalue weighted by molar-refractivity contribution is -0.385. The first kappa shape index (κ1) is 15.2. The molecule has 7 heteroatoms. The van der Waals surface area contributed by atoms with Crippen molar-refractivity contribution in [1.82, 2.24) is 4.90 Å². The van der Waals surface area contributed by atoms with E-state index < -0.39 is 10.9 Å². The van der Waals surface area contributed by atoms with Crippen LogP contribution in [0.3, 0.4) is 0 Å². The molecular weight excluding hydrogens is 274 g/mol. The molecule has 0 aliphatic carbocycles. The van der Waals surface area contributed by atoms with Crippen LogP contribution in [0.25, 0.3) is 0 Å². The molecule has 0 aromatic heterocycles. The number of carboxylic acid groups (broad SMARTS) is 1. The zero-order chi connectivity index (χ0) is 15.6. The summed E-state index contributed by atoms with van der Waals surface area (Å²) in [5, 5.41) is 23.2. The minimum absolute atomic E-state index is 0.242. The summed E-state index contributed by atoms with van der Waals surface area (Å²) in [6.07, 6.45) is 1.90. The summed E-state index contributed by atoms with van der Waals surface area (Å²) < 4.78 is 0. The van der Waals surface area contributed by atoms with Crippen molar-refractivity contribution >= 4 is 17.3 Å². The molecule has 1 aliphatic rings. The second-order valence-electron chi connectivity index (χ2n) is 5.49. The Labute approximate surface area is 122 Å². The molecule has 21 heavy (non-hydrogen) atoms. The van der Waals surface area contributed by atoms with Gasteiger partial charge in [0.05, 0.1) is 4.92 Å². The van der Waals surface area contributed by atoms with Crippen LogP contribution in [0.1, 0.15) is 30.1 Å². The average molecular weight is 293 g/mol. The van der Waals surface area contributed by atoms with Gasteiger partial charge in [-0.15, -0.1) is 0 Å². The lowest BCUT2D eigenvalue weighted by Gasteiger charge is -2.35. The third-order valence-corrected chi connectivity index (χ3v) is 4.00. The average Bonchev–Trinajstić information content (AvgIpc) is 2.42. The summed E-state index contributed by atoms with van der Waals surface area (Å²) in [5.41, 5.74) is -0.0794. The van der Waals surface area contributed by atoms with Crippen molar-refractivity contribution in [2.75, 3.05) is 18.9 Å². The minimum Gasteiger partial charge on any atom is -0.477 e. The molecule has 0 bridgehead atoms. The molecule has 2 atom stereocenters. The van der Waals surface area contributed by atoms with Gasteiger partial charge in [-0.2, -0.15) is 0 Å². The predicted octanol–water partition coefficient (Wildman–Crippen LogP) is 2.19. The van der Waals surface area contributed by atoms with Crippen molar-refractivity contribution in [2.24, 2.45) is 0 Å². The lowest BCUT2D eigenvalue weighted by atomic mass is 9.98. The molecule has 0 radical (unpaired) electrons. The number of benzene rings is 1. The van der Waals surface area contributed by atoms with E-state index in [-0.39, 0.29) is 17.3 Å². The number of likely N-dealkylation sites (tertiary alicyclic amines) is 1. The molecule has 1 aromatic carbocycles. The normalized spacial score (nSPS) is 22.8. The Morgan fingerprint density at radius 2 is 2.24 bits per heavy atom. The fraction of sp³-hybridized carbons (Fsp3) is 0.500. The largest absolute Gasteiger partial charge is 0.477 e. The van der Waals surface area contributed by atoms with Gasteiger partial charge in [0.1, 0.15) is 5.56 Å². The Kier molecular flexibility index (Phi) is 4.42. The Morgan fingerprint density at radius 1 is 1.52 bits per heavy atom. The minimum atomic E-state index is -1.29. The molecule has 0 amide bonds. The highest BCUT2D eigenvalue weighted by atomic mass is 16.6. The maximum Gasteiger partial charge on any atom is 0.342 e. The first-order valence-electron chi connectivity index (χ1n) is 6.87. The van der Waals surface area contributed by atoms with Gasteiger partial charge in [-0.1, -0.05) is 0 Å². The number of carboxylic acids is 1. The number of piperidine rings is 1. The summed E-state index contributed by atoms with van der Waals surface area (Å²) in [6, 6.07) is 4.85. The molecule has 0 saturated carbocycles. The van der Waals surface area contributed by atoms with E-state index in [1.165, 1.54) is 12.1 Å². The monoisotopic (exact) mass is 293 g/mol. The van der Waals surface area contributed by atoms with Crippen LogP contribution in [0.5, 0.6) is 0 Å². The number of rotatable bonds is 4. The van der Waals surface area contributed by atoms with Gasteiger partial charge in [-0.3, -0.25) is 10.1 Å². The van der Waals surface area contributed by atoms with Crippen molar-refractivity contribution in [2.45, 2.75) is 31.8 Å². The van der Waals surface area contributed by atoms with E-state index in [1.54, 1.807) is 6.07 Å². The van der Waals surface area contributed by atoms with E-state index in [2.05, 4.69) is 24.2 Å². The molecule has 0 spiro atoms. The van der Waals surface area contributed by atoms with Gasteiger partial charge in [0, 0.05) is 30.4 Å². The Hall–Kier alpha value is -2.15. The van der Waals surface area contributed by atoms with Gasteiger partial charge < -0.3 is 15.3 Å². The highest BCUT2D eigenvalue weighted by molar-refractivity contribution is 5.93. The van der Waals surface area contributed by atoms with Crippen molar-refractivity contribution in [1.29, 1.82) is 0 Å². The second-order valence-corrected chi connectivity index (χ2v) is 5.49. The third-order valence-electron chi connectivity index (χ3n) is 4.00. The first-order valence-corrected chi connectivity index (χ1v) is 6.87. The molecule has 1 fully saturated rings. The highest BCUT2D eigenvalue weighted by Gasteiger charge is 2.24. The van der Waals surface area contributed by atoms with E-state index in [9.17, 15) is 14.9 Å². The van der Waals surface area contributed by atoms with E-state index in [0.29, 0.717) is 11.7 Å². The fourth-order valence-corrected chi connectivity index (χ4v) is 2.61. The number of aromatic carboxylic acids is 1. The van der Waals surface area contributed by atoms with Crippen LogP contribution >= 0.6 is 0 Å². The number of nitrogens with one attached hydrogen (secondary N) is 1. The smallest absolute Gasteiger partial charge is 0.342 e. The summed E-state index contributed by atoms with van der Waals surface area (Å²) >= 11 is 0. The van der Waals surface area contributed by atoms with Crippen molar-refractivity contribution < 1.29 is 14.8 Å². The molecular formula is C14H19N3O4. The molecule has 2 unspecified atom stereocenters. The van der Waals surface area contributed by atoms with Crippen molar-refractivity contribution in [3.8, 4) is 0 Å². The molecule has 2 rings (SSSR count). The van der Waals surface area contributed by atoms with Crippen LogP contribution in [-0.2, 0) is 0 Å². The van der Waals surface area contributed by atoms with Crippen LogP contribution in [0.15, 0.2) is 18.2 Å². The van der Waals surface area contributed by atoms with Gasteiger partial charge in [0.15, 0.2) is 0 Å². The van der Waals surface area contributed by atoms with E-state index in [4.69, 9.17) is 5.11 Å². The van der Waals surface area contributed by atoms with E-state index in [0.717, 1.165) is 19.4 Å². The number of hydrogen-bond acceptors (Lipinski definition) is 5. The molecule has 1 aromatic rings. The highest BCUT2D eigenvalue weighted by Crippen LogP contribution is 2.26. The molecule has 1 aliphatic heterocycles. The SMILES string of the molecule is CC1CC(Nc2ccc(C(=O)O)c([N+](=O)[O-])c2)CCN1C. The number of anilines is 1. The number of carbonyl (C=O) groups is 1. The summed E-state index contributed by atoms with van der Waals surface area (Å²) in [5.74, 6) is -1.29. The van der Waals surface area contributed by atoms with Gasteiger partial charge in [-0.05, 0) is 38.9 Å². The zero-order valence-corrected chi connectivity index (χ0v) is 12.1. The quantitative estimate of drug-likeness (QED) is 0.652. The Morgan fingerprint density at radius 3 is 2.81 bits per heavy atom. The molecule has 2 N–H and O–H groups in total. The number of nitro groups is 1. The Balaban J connectivity index is 2.16. The molecule has 1 saturated heterocycles. The summed E-state index contributed by atoms with van der Waals surface area (Å²) in [7, 11) is 2.08. The number of hydrogen-bond donors (Lipinski definition) is 2. The fourth-order valence-electron chi connectivity index (χ4n) is 2.61. The van der Waals surface area contributed by atoms with Crippen LogP contribution in [-0.4, -0.2) is 46.6 Å². The predicted molar refractivity (Wildman–Crippen MR) is 78.8 cm³/mol. The van der Waals surface area contributed by atoms with Crippen LogP contribution in [0.4, 0.5) is 11.4 Å². The Bertz CT molecular complexity index is 561. The standard InChI is InChI=1S/C14H19N3O4/c1-9-7-11(5-6-16(9)2)15-10-3-4-12(14(18)19)13(8-10)17(20)21/h3-4,8-9,11,15H,5-7H2,1-2H3,(H,18,19). The van der Waals surface area contributed by atoms with Crippen LogP contribution in [0.2, 0.25) is 0 Å². The lowest BCUT2D eigenvalue weighted by Crippen LogP contribution is -2.42. The summed E-state index contributed by atoms with van der Waals surface area (Å²) in [4.78, 5) is 23.6. The van der Waals surface area contributed by atoms with Crippen LogP contribution in [0, 0.1) is 10.1 Å². The maximum absolute atomic E-state index is 11.0. The van der Waals surface area contributed by atoms with E-state index in [1.807, 2.05) is 0 Å². The van der Waals surface area contributed by atoms with E-state index >= 15 is 0 Å². The van der Waals surface area contributed by atoms with Gasteiger partial charge >= 0.3 is 5.97 Å². The molecule has 114 valence electrons. The van der Waals surface area contributed by atoms with Crippen molar-refractivity contribution in [3.63, 3.8) is 0 Å². The second kappa shape index (κ2) is 6.09. The first-order chi connectivity index (χ1) is 9.88. The number of nitro benzene ring substituents is 1. The van der Waals surface area contributed by atoms with Crippen LogP contribution < -0.4 is 5.32 Å².